The highest BCUT2D eigenvalue weighted by Gasteiger charge is 2.42. The summed E-state index contributed by atoms with van der Waals surface area (Å²) >= 11 is 0. The Balaban J connectivity index is 1.62. The molecule has 5 rings (SSSR count). The van der Waals surface area contributed by atoms with Gasteiger partial charge in [-0.2, -0.15) is 0 Å². The molecule has 0 spiro atoms. The molecule has 0 aromatic heterocycles. The molecule has 2 N–H and O–H groups in total. The van der Waals surface area contributed by atoms with Crippen molar-refractivity contribution >= 4 is 38.8 Å². The summed E-state index contributed by atoms with van der Waals surface area (Å²) in [6, 6.07) is 21.9. The number of hydrogen-bond donors (Lipinski definition) is 2. The number of rotatable bonds is 4. The number of hydrogen-bond acceptors (Lipinski definition) is 5. The second kappa shape index (κ2) is 9.19. The van der Waals surface area contributed by atoms with Gasteiger partial charge in [-0.25, -0.2) is 8.42 Å². The highest BCUT2D eigenvalue weighted by Crippen LogP contribution is 2.48. The van der Waals surface area contributed by atoms with Gasteiger partial charge in [-0.05, 0) is 53.8 Å². The number of carbonyl (C=O) groups is 2. The summed E-state index contributed by atoms with van der Waals surface area (Å²) < 4.78 is 28.5. The smallest absolute Gasteiger partial charge is 0.261 e. The normalized spacial score (nSPS) is 18.8. The number of allylic oxidation sites excluding steroid dienone is 1. The predicted octanol–water partition coefficient (Wildman–Crippen LogP) is 5.65. The van der Waals surface area contributed by atoms with Gasteiger partial charge in [-0.1, -0.05) is 56.3 Å². The number of para-hydroxylation sites is 3. The largest absolute Gasteiger partial charge is 0.357 e. The minimum absolute atomic E-state index is 0.0229. The number of amides is 1. The SMILES string of the molecule is CC(=O)N1c2ccccc2NC2=C(C(=O)CC(C)(C)C2)C1c1ccc(S(=O)(=O)Nc2ccccc2)cc1. The maximum Gasteiger partial charge on any atom is 0.261 e. The van der Waals surface area contributed by atoms with E-state index in [2.05, 4.69) is 23.9 Å². The molecule has 1 aliphatic carbocycles. The Bertz CT molecular complexity index is 1510. The van der Waals surface area contributed by atoms with Crippen LogP contribution in [0.4, 0.5) is 17.1 Å². The van der Waals surface area contributed by atoms with E-state index in [0.29, 0.717) is 35.4 Å². The van der Waals surface area contributed by atoms with Crippen LogP contribution in [0, 0.1) is 5.41 Å². The fourth-order valence-electron chi connectivity index (χ4n) is 5.20. The van der Waals surface area contributed by atoms with Gasteiger partial charge in [0.2, 0.25) is 5.91 Å². The number of nitrogens with one attached hydrogen (secondary N) is 2. The summed E-state index contributed by atoms with van der Waals surface area (Å²) in [4.78, 5) is 28.4. The maximum atomic E-state index is 13.6. The first-order valence-electron chi connectivity index (χ1n) is 12.2. The average Bonchev–Trinajstić information content (AvgIpc) is 2.98. The van der Waals surface area contributed by atoms with Gasteiger partial charge >= 0.3 is 0 Å². The summed E-state index contributed by atoms with van der Waals surface area (Å²) in [5, 5.41) is 3.45. The van der Waals surface area contributed by atoms with Crippen molar-refractivity contribution in [2.45, 2.75) is 44.6 Å². The van der Waals surface area contributed by atoms with Gasteiger partial charge in [0.05, 0.1) is 22.3 Å². The van der Waals surface area contributed by atoms with Crippen LogP contribution in [0.1, 0.15) is 45.2 Å². The highest BCUT2D eigenvalue weighted by atomic mass is 32.2. The summed E-state index contributed by atoms with van der Waals surface area (Å²) in [5.74, 6) is -0.238. The Morgan fingerprint density at radius 2 is 1.59 bits per heavy atom. The van der Waals surface area contributed by atoms with Crippen LogP contribution in [0.2, 0.25) is 0 Å². The van der Waals surface area contributed by atoms with Gasteiger partial charge < -0.3 is 5.32 Å². The Morgan fingerprint density at radius 1 is 0.946 bits per heavy atom. The molecule has 1 amide bonds. The van der Waals surface area contributed by atoms with E-state index in [4.69, 9.17) is 0 Å². The molecule has 1 atom stereocenters. The van der Waals surface area contributed by atoms with Crippen LogP contribution in [-0.4, -0.2) is 20.1 Å². The van der Waals surface area contributed by atoms with Crippen LogP contribution in [0.5, 0.6) is 0 Å². The third kappa shape index (κ3) is 4.76. The maximum absolute atomic E-state index is 13.6. The quantitative estimate of drug-likeness (QED) is 0.468. The van der Waals surface area contributed by atoms with E-state index in [1.54, 1.807) is 41.3 Å². The van der Waals surface area contributed by atoms with Crippen molar-refractivity contribution in [1.29, 1.82) is 0 Å². The van der Waals surface area contributed by atoms with Gasteiger partial charge in [0, 0.05) is 30.3 Å². The van der Waals surface area contributed by atoms with Gasteiger partial charge in [-0.15, -0.1) is 0 Å². The number of fused-ring (bicyclic) bond motifs is 1. The molecule has 7 nitrogen and oxygen atoms in total. The standard InChI is InChI=1S/C29H29N3O4S/c1-19(33)32-25-12-8-7-11-23(25)30-24-17-29(2,3)18-26(34)27(24)28(32)20-13-15-22(16-14-20)37(35,36)31-21-9-5-4-6-10-21/h4-16,28,30-31H,17-18H2,1-3H3. The third-order valence-corrected chi connectivity index (χ3v) is 8.17. The number of nitrogens with zero attached hydrogens (tertiary/aromatic N) is 1. The van der Waals surface area contributed by atoms with Gasteiger partial charge in [0.15, 0.2) is 5.78 Å². The molecule has 37 heavy (non-hydrogen) atoms. The lowest BCUT2D eigenvalue weighted by Crippen LogP contribution is -2.38. The Hall–Kier alpha value is -3.91. The first-order chi connectivity index (χ1) is 17.6. The lowest BCUT2D eigenvalue weighted by molar-refractivity contribution is -0.118. The molecule has 0 fully saturated rings. The van der Waals surface area contributed by atoms with Crippen molar-refractivity contribution in [1.82, 2.24) is 0 Å². The molecule has 3 aromatic carbocycles. The Kier molecular flexibility index (Phi) is 6.15. The first-order valence-corrected chi connectivity index (χ1v) is 13.6. The molecule has 190 valence electrons. The molecule has 0 bridgehead atoms. The summed E-state index contributed by atoms with van der Waals surface area (Å²) in [6.07, 6.45) is 1.01. The van der Waals surface area contributed by atoms with Crippen molar-refractivity contribution in [3.63, 3.8) is 0 Å². The van der Waals surface area contributed by atoms with Gasteiger partial charge in [0.1, 0.15) is 0 Å². The number of sulfonamides is 1. The second-order valence-electron chi connectivity index (χ2n) is 10.3. The molecule has 1 unspecified atom stereocenters. The number of carbonyl (C=O) groups excluding carboxylic acids is 2. The molecule has 0 saturated carbocycles. The molecular weight excluding hydrogens is 486 g/mol. The van der Waals surface area contributed by atoms with Crippen LogP contribution < -0.4 is 14.9 Å². The van der Waals surface area contributed by atoms with Crippen molar-refractivity contribution in [2.75, 3.05) is 14.9 Å². The van der Waals surface area contributed by atoms with E-state index < -0.39 is 16.1 Å². The Labute approximate surface area is 217 Å². The second-order valence-corrected chi connectivity index (χ2v) is 12.0. The zero-order chi connectivity index (χ0) is 26.4. The van der Waals surface area contributed by atoms with Crippen molar-refractivity contribution < 1.29 is 18.0 Å². The first kappa shape index (κ1) is 24.8. The van der Waals surface area contributed by atoms with Crippen LogP contribution in [0.3, 0.4) is 0 Å². The minimum atomic E-state index is -3.82. The molecule has 0 radical (unpaired) electrons. The zero-order valence-electron chi connectivity index (χ0n) is 21.0. The van der Waals surface area contributed by atoms with E-state index >= 15 is 0 Å². The van der Waals surface area contributed by atoms with E-state index in [1.807, 2.05) is 30.3 Å². The van der Waals surface area contributed by atoms with E-state index in [-0.39, 0.29) is 22.0 Å². The number of anilines is 3. The van der Waals surface area contributed by atoms with Crippen LogP contribution in [-0.2, 0) is 19.6 Å². The molecule has 3 aromatic rings. The topological polar surface area (TPSA) is 95.6 Å². The number of Topliss-reactive ketones (excluding diaryl/α,β-unsaturated/α-hetero) is 1. The molecule has 8 heteroatoms. The summed E-state index contributed by atoms with van der Waals surface area (Å²) in [7, 11) is -3.82. The fraction of sp³-hybridized carbons (Fsp3) is 0.241. The molecule has 0 saturated heterocycles. The van der Waals surface area contributed by atoms with E-state index in [0.717, 1.165) is 11.4 Å². The van der Waals surface area contributed by atoms with E-state index in [9.17, 15) is 18.0 Å². The summed E-state index contributed by atoms with van der Waals surface area (Å²) in [6.45, 7) is 5.60. The fourth-order valence-corrected chi connectivity index (χ4v) is 6.26. The minimum Gasteiger partial charge on any atom is -0.357 e. The van der Waals surface area contributed by atoms with Crippen molar-refractivity contribution in [3.05, 3.63) is 95.7 Å². The Morgan fingerprint density at radius 3 is 2.27 bits per heavy atom. The van der Waals surface area contributed by atoms with Crippen molar-refractivity contribution in [2.24, 2.45) is 5.41 Å². The molecule has 1 heterocycles. The van der Waals surface area contributed by atoms with Crippen molar-refractivity contribution in [3.8, 4) is 0 Å². The molecule has 1 aliphatic heterocycles. The van der Waals surface area contributed by atoms with Gasteiger partial charge in [0.25, 0.3) is 10.0 Å². The number of ketones is 1. The van der Waals surface area contributed by atoms with Crippen LogP contribution in [0.25, 0.3) is 0 Å². The highest BCUT2D eigenvalue weighted by molar-refractivity contribution is 7.92. The lowest BCUT2D eigenvalue weighted by Gasteiger charge is -2.36. The average molecular weight is 516 g/mol. The van der Waals surface area contributed by atoms with Crippen LogP contribution >= 0.6 is 0 Å². The predicted molar refractivity (Wildman–Crippen MR) is 145 cm³/mol. The monoisotopic (exact) mass is 515 g/mol. The van der Waals surface area contributed by atoms with E-state index in [1.165, 1.54) is 19.1 Å². The van der Waals surface area contributed by atoms with Crippen LogP contribution in [0.15, 0.2) is 95.0 Å². The number of benzene rings is 3. The molecule has 2 aliphatic rings. The third-order valence-electron chi connectivity index (χ3n) is 6.77. The van der Waals surface area contributed by atoms with Gasteiger partial charge in [-0.3, -0.25) is 19.2 Å². The molecular formula is C29H29N3O4S. The lowest BCUT2D eigenvalue weighted by atomic mass is 9.73. The zero-order valence-corrected chi connectivity index (χ0v) is 21.8. The summed E-state index contributed by atoms with van der Waals surface area (Å²) in [5.41, 5.74) is 3.66.